The van der Waals surface area contributed by atoms with E-state index in [-0.39, 0.29) is 5.91 Å². The molecule has 0 bridgehead atoms. The lowest BCUT2D eigenvalue weighted by Gasteiger charge is -2.13. The van der Waals surface area contributed by atoms with Gasteiger partial charge in [-0.15, -0.1) is 0 Å². The van der Waals surface area contributed by atoms with Gasteiger partial charge in [-0.3, -0.25) is 4.79 Å². The molecule has 2 N–H and O–H groups in total. The molecule has 1 amide bonds. The van der Waals surface area contributed by atoms with Crippen LogP contribution >= 0.6 is 0 Å². The molecule has 0 unspecified atom stereocenters. The van der Waals surface area contributed by atoms with Gasteiger partial charge >= 0.3 is 0 Å². The van der Waals surface area contributed by atoms with Crippen molar-refractivity contribution in [2.45, 2.75) is 13.8 Å². The number of nitrogens with one attached hydrogen (secondary N) is 2. The number of pyridine rings is 1. The third-order valence-corrected chi connectivity index (χ3v) is 4.11. The van der Waals surface area contributed by atoms with E-state index in [0.29, 0.717) is 17.0 Å². The molecule has 0 aliphatic heterocycles. The highest BCUT2D eigenvalue weighted by atomic mass is 16.5. The molecule has 0 atom stereocenters. The van der Waals surface area contributed by atoms with Crippen LogP contribution < -0.4 is 15.4 Å². The van der Waals surface area contributed by atoms with Crippen molar-refractivity contribution in [1.82, 2.24) is 4.98 Å². The van der Waals surface area contributed by atoms with Gasteiger partial charge in [-0.25, -0.2) is 4.98 Å². The molecule has 132 valence electrons. The van der Waals surface area contributed by atoms with Gasteiger partial charge in [0, 0.05) is 5.69 Å². The fraction of sp³-hybridized carbons (Fsp3) is 0.143. The maximum Gasteiger partial charge on any atom is 0.259 e. The number of amides is 1. The van der Waals surface area contributed by atoms with Gasteiger partial charge in [0.05, 0.1) is 24.6 Å². The monoisotopic (exact) mass is 347 g/mol. The van der Waals surface area contributed by atoms with Crippen molar-refractivity contribution in [2.24, 2.45) is 0 Å². The number of hydrogen-bond donors (Lipinski definition) is 2. The van der Waals surface area contributed by atoms with E-state index in [0.717, 1.165) is 22.6 Å². The first-order chi connectivity index (χ1) is 12.6. The number of aryl methyl sites for hydroxylation is 2. The van der Waals surface area contributed by atoms with Crippen LogP contribution in [0.15, 0.2) is 60.8 Å². The summed E-state index contributed by atoms with van der Waals surface area (Å²) < 4.78 is 5.23. The molecule has 0 saturated heterocycles. The third kappa shape index (κ3) is 3.83. The van der Waals surface area contributed by atoms with Crippen LogP contribution in [0.25, 0.3) is 0 Å². The predicted molar refractivity (Wildman–Crippen MR) is 104 cm³/mol. The molecule has 0 fully saturated rings. The summed E-state index contributed by atoms with van der Waals surface area (Å²) in [6.07, 6.45) is 1.63. The van der Waals surface area contributed by atoms with E-state index < -0.39 is 0 Å². The maximum absolute atomic E-state index is 12.4. The second kappa shape index (κ2) is 7.70. The highest BCUT2D eigenvalue weighted by Crippen LogP contribution is 2.24. The highest BCUT2D eigenvalue weighted by Gasteiger charge is 2.12. The van der Waals surface area contributed by atoms with E-state index in [1.165, 1.54) is 0 Å². The summed E-state index contributed by atoms with van der Waals surface area (Å²) in [5, 5.41) is 6.16. The van der Waals surface area contributed by atoms with Gasteiger partial charge in [-0.1, -0.05) is 30.3 Å². The van der Waals surface area contributed by atoms with Crippen LogP contribution in [0.2, 0.25) is 0 Å². The zero-order valence-electron chi connectivity index (χ0n) is 15.0. The zero-order chi connectivity index (χ0) is 18.5. The highest BCUT2D eigenvalue weighted by molar-refractivity contribution is 6.06. The van der Waals surface area contributed by atoms with Gasteiger partial charge in [0.1, 0.15) is 11.6 Å². The van der Waals surface area contributed by atoms with E-state index in [9.17, 15) is 4.79 Å². The number of benzene rings is 2. The Morgan fingerprint density at radius 2 is 1.69 bits per heavy atom. The topological polar surface area (TPSA) is 63.2 Å². The van der Waals surface area contributed by atoms with Gasteiger partial charge in [-0.05, 0) is 49.2 Å². The summed E-state index contributed by atoms with van der Waals surface area (Å²) >= 11 is 0. The molecule has 26 heavy (non-hydrogen) atoms. The minimum Gasteiger partial charge on any atom is -0.496 e. The number of para-hydroxylation sites is 2. The molecule has 0 aliphatic rings. The molecule has 3 aromatic rings. The zero-order valence-corrected chi connectivity index (χ0v) is 15.0. The van der Waals surface area contributed by atoms with E-state index in [1.807, 2.05) is 24.3 Å². The number of anilines is 3. The molecule has 1 aromatic heterocycles. The first kappa shape index (κ1) is 17.5. The Bertz CT molecular complexity index is 901. The van der Waals surface area contributed by atoms with Crippen LogP contribution in [-0.2, 0) is 0 Å². The van der Waals surface area contributed by atoms with Gasteiger partial charge < -0.3 is 15.4 Å². The molecular weight excluding hydrogens is 326 g/mol. The maximum atomic E-state index is 12.4. The Labute approximate surface area is 153 Å². The van der Waals surface area contributed by atoms with E-state index in [1.54, 1.807) is 31.5 Å². The van der Waals surface area contributed by atoms with Crippen LogP contribution in [0.4, 0.5) is 17.2 Å². The third-order valence-electron chi connectivity index (χ3n) is 4.11. The first-order valence-electron chi connectivity index (χ1n) is 8.32. The number of nitrogens with zero attached hydrogens (tertiary/aromatic N) is 1. The average molecular weight is 347 g/mol. The smallest absolute Gasteiger partial charge is 0.259 e. The largest absolute Gasteiger partial charge is 0.496 e. The Hall–Kier alpha value is -3.34. The number of carbonyl (C=O) groups is 1. The first-order valence-corrected chi connectivity index (χ1v) is 8.32. The number of hydrogen-bond acceptors (Lipinski definition) is 4. The molecule has 0 aliphatic carbocycles. The van der Waals surface area contributed by atoms with Crippen molar-refractivity contribution in [1.29, 1.82) is 0 Å². The fourth-order valence-corrected chi connectivity index (χ4v) is 2.71. The van der Waals surface area contributed by atoms with Crippen LogP contribution in [0.5, 0.6) is 5.75 Å². The van der Waals surface area contributed by atoms with Crippen LogP contribution in [0.1, 0.15) is 21.5 Å². The van der Waals surface area contributed by atoms with Crippen LogP contribution in [0.3, 0.4) is 0 Å². The molecule has 5 heteroatoms. The molecule has 0 spiro atoms. The fourth-order valence-electron chi connectivity index (χ4n) is 2.71. The lowest BCUT2D eigenvalue weighted by atomic mass is 10.1. The van der Waals surface area contributed by atoms with E-state index in [4.69, 9.17) is 4.74 Å². The minimum atomic E-state index is -0.236. The Kier molecular flexibility index (Phi) is 5.17. The van der Waals surface area contributed by atoms with Crippen molar-refractivity contribution in [3.63, 3.8) is 0 Å². The second-order valence-electron chi connectivity index (χ2n) is 5.98. The summed E-state index contributed by atoms with van der Waals surface area (Å²) in [6, 6.07) is 16.9. The summed E-state index contributed by atoms with van der Waals surface area (Å²) in [5.41, 5.74) is 4.45. The molecule has 1 heterocycles. The van der Waals surface area contributed by atoms with E-state index >= 15 is 0 Å². The summed E-state index contributed by atoms with van der Waals surface area (Å²) in [6.45, 7) is 4.11. The molecule has 0 radical (unpaired) electrons. The summed E-state index contributed by atoms with van der Waals surface area (Å²) in [7, 11) is 1.54. The van der Waals surface area contributed by atoms with Gasteiger partial charge in [-0.2, -0.15) is 0 Å². The molecular formula is C21H21N3O2. The number of rotatable bonds is 5. The van der Waals surface area contributed by atoms with Gasteiger partial charge in [0.25, 0.3) is 5.91 Å². The van der Waals surface area contributed by atoms with Gasteiger partial charge in [0.15, 0.2) is 0 Å². The second-order valence-corrected chi connectivity index (χ2v) is 5.98. The summed E-state index contributed by atoms with van der Waals surface area (Å²) in [5.74, 6) is 1.02. The predicted octanol–water partition coefficient (Wildman–Crippen LogP) is 4.70. The minimum absolute atomic E-state index is 0.236. The Morgan fingerprint density at radius 3 is 2.35 bits per heavy atom. The van der Waals surface area contributed by atoms with Crippen molar-refractivity contribution in [3.05, 3.63) is 77.5 Å². The molecule has 5 nitrogen and oxygen atoms in total. The molecule has 3 rings (SSSR count). The Morgan fingerprint density at radius 1 is 0.962 bits per heavy atom. The van der Waals surface area contributed by atoms with Crippen molar-refractivity contribution in [2.75, 3.05) is 17.7 Å². The standard InChI is InChI=1S/C21H21N3O2/c1-14-7-6-8-15(2)20(14)24-19-12-11-16(13-22-19)23-21(25)17-9-4-5-10-18(17)26-3/h4-13H,1-3H3,(H,22,24)(H,23,25). The van der Waals surface area contributed by atoms with Crippen LogP contribution in [-0.4, -0.2) is 18.0 Å². The molecule has 2 aromatic carbocycles. The SMILES string of the molecule is COc1ccccc1C(=O)Nc1ccc(Nc2c(C)cccc2C)nc1. The average Bonchev–Trinajstić information content (AvgIpc) is 2.66. The van der Waals surface area contributed by atoms with Crippen molar-refractivity contribution < 1.29 is 9.53 Å². The summed E-state index contributed by atoms with van der Waals surface area (Å²) in [4.78, 5) is 16.8. The Balaban J connectivity index is 1.73. The number of carbonyl (C=O) groups excluding carboxylic acids is 1. The van der Waals surface area contributed by atoms with Crippen LogP contribution in [0, 0.1) is 13.8 Å². The van der Waals surface area contributed by atoms with E-state index in [2.05, 4.69) is 41.6 Å². The number of ether oxygens (including phenoxy) is 1. The normalized spacial score (nSPS) is 10.3. The number of methoxy groups -OCH3 is 1. The quantitative estimate of drug-likeness (QED) is 0.702. The van der Waals surface area contributed by atoms with Crippen molar-refractivity contribution >= 4 is 23.1 Å². The van der Waals surface area contributed by atoms with Crippen molar-refractivity contribution in [3.8, 4) is 5.75 Å². The number of aromatic nitrogens is 1. The lowest BCUT2D eigenvalue weighted by Crippen LogP contribution is -2.13. The molecule has 0 saturated carbocycles. The lowest BCUT2D eigenvalue weighted by molar-refractivity contribution is 0.102. The van der Waals surface area contributed by atoms with Gasteiger partial charge in [0.2, 0.25) is 0 Å².